The molecule has 0 radical (unpaired) electrons. The number of anilines is 1. The molecule has 0 aliphatic rings. The topological polar surface area (TPSA) is 53.9 Å². The van der Waals surface area contributed by atoms with E-state index in [0.717, 1.165) is 12.1 Å². The monoisotopic (exact) mass is 361 g/mol. The number of benzene rings is 1. The van der Waals surface area contributed by atoms with Crippen LogP contribution in [0.1, 0.15) is 5.56 Å². The highest BCUT2D eigenvalue weighted by Gasteiger charge is 2.05. The first-order chi connectivity index (χ1) is 12.0. The number of allylic oxidation sites excluding steroid dienone is 3. The molecule has 1 aromatic carbocycles. The molecule has 1 N–H and O–H groups in total. The lowest BCUT2D eigenvalue weighted by Gasteiger charge is -2.11. The van der Waals surface area contributed by atoms with Crippen LogP contribution in [0.4, 0.5) is 5.69 Å². The van der Waals surface area contributed by atoms with E-state index in [9.17, 15) is 4.79 Å². The number of halogens is 1. The van der Waals surface area contributed by atoms with Crippen LogP contribution in [0.15, 0.2) is 53.8 Å². The molecule has 0 fully saturated rings. The second-order valence-electron chi connectivity index (χ2n) is 5.45. The summed E-state index contributed by atoms with van der Waals surface area (Å²) in [7, 11) is 3.98. The first-order valence-electron chi connectivity index (χ1n) is 7.76. The number of hydrogen-bond acceptors (Lipinski definition) is 4. The van der Waals surface area contributed by atoms with Crippen LogP contribution in [0.2, 0.25) is 5.02 Å². The molecule has 0 bridgehead atoms. The molecule has 1 amide bonds. The van der Waals surface area contributed by atoms with E-state index in [2.05, 4.69) is 23.6 Å². The average molecular weight is 362 g/mol. The van der Waals surface area contributed by atoms with Crippen molar-refractivity contribution in [2.75, 3.05) is 39.1 Å². The number of carbonyl (C=O) groups is 1. The van der Waals surface area contributed by atoms with Gasteiger partial charge in [-0.15, -0.1) is 0 Å². The second kappa shape index (κ2) is 11.2. The Kier molecular flexibility index (Phi) is 9.29. The van der Waals surface area contributed by atoms with Gasteiger partial charge in [0.2, 0.25) is 5.91 Å². The van der Waals surface area contributed by atoms with E-state index in [1.165, 1.54) is 0 Å². The van der Waals surface area contributed by atoms with Gasteiger partial charge in [-0.1, -0.05) is 36.4 Å². The Bertz CT molecular complexity index is 667. The highest BCUT2D eigenvalue weighted by molar-refractivity contribution is 6.33. The number of hydrogen-bond donors (Lipinski definition) is 1. The Hall–Kier alpha value is -2.37. The van der Waals surface area contributed by atoms with Crippen LogP contribution in [-0.4, -0.2) is 51.3 Å². The van der Waals surface area contributed by atoms with Gasteiger partial charge in [0, 0.05) is 6.54 Å². The van der Waals surface area contributed by atoms with Crippen molar-refractivity contribution in [3.63, 3.8) is 0 Å². The van der Waals surface area contributed by atoms with Gasteiger partial charge in [-0.25, -0.2) is 0 Å². The van der Waals surface area contributed by atoms with E-state index in [4.69, 9.17) is 16.3 Å². The van der Waals surface area contributed by atoms with Gasteiger partial charge in [-0.2, -0.15) is 0 Å². The minimum absolute atomic E-state index is 0.00782. The Labute approximate surface area is 154 Å². The number of amides is 1. The van der Waals surface area contributed by atoms with Crippen LogP contribution in [0, 0.1) is 0 Å². The number of nitrogens with zero attached hydrogens (tertiary/aromatic N) is 2. The van der Waals surface area contributed by atoms with E-state index >= 15 is 0 Å². The molecule has 0 aliphatic heterocycles. The van der Waals surface area contributed by atoms with E-state index in [1.807, 2.05) is 43.3 Å². The molecule has 1 rings (SSSR count). The van der Waals surface area contributed by atoms with Crippen molar-refractivity contribution in [1.29, 1.82) is 0 Å². The zero-order chi connectivity index (χ0) is 18.7. The van der Waals surface area contributed by atoms with Crippen LogP contribution < -0.4 is 5.32 Å². The number of ether oxygens (including phenoxy) is 1. The summed E-state index contributed by atoms with van der Waals surface area (Å²) in [6.07, 6.45) is 7.23. The fourth-order valence-corrected chi connectivity index (χ4v) is 1.97. The Balaban J connectivity index is 2.75. The van der Waals surface area contributed by atoms with Crippen molar-refractivity contribution in [3.05, 3.63) is 59.4 Å². The maximum Gasteiger partial charge on any atom is 0.246 e. The third kappa shape index (κ3) is 8.33. The lowest BCUT2D eigenvalue weighted by molar-refractivity contribution is -0.114. The third-order valence-corrected chi connectivity index (χ3v) is 3.41. The van der Waals surface area contributed by atoms with Crippen LogP contribution >= 0.6 is 11.6 Å². The molecule has 5 nitrogen and oxygen atoms in total. The third-order valence-electron chi connectivity index (χ3n) is 3.08. The zero-order valence-electron chi connectivity index (χ0n) is 14.7. The summed E-state index contributed by atoms with van der Waals surface area (Å²) in [5, 5.41) is 3.16. The maximum absolute atomic E-state index is 11.6. The highest BCUT2D eigenvalue weighted by Crippen LogP contribution is 2.23. The van der Waals surface area contributed by atoms with Crippen molar-refractivity contribution >= 4 is 36.0 Å². The summed E-state index contributed by atoms with van der Waals surface area (Å²) in [4.78, 5) is 17.2. The minimum Gasteiger partial charge on any atom is -0.492 e. The molecule has 6 heteroatoms. The number of rotatable bonds is 10. The number of carbonyl (C=O) groups excluding carboxylic acids is 1. The van der Waals surface area contributed by atoms with Gasteiger partial charge in [0.15, 0.2) is 0 Å². The number of aliphatic imine (C=N–C) groups is 1. The van der Waals surface area contributed by atoms with Crippen molar-refractivity contribution in [2.24, 2.45) is 4.99 Å². The summed E-state index contributed by atoms with van der Waals surface area (Å²) in [6.45, 7) is 8.45. The number of nitrogens with one attached hydrogen (secondary N) is 1. The van der Waals surface area contributed by atoms with Gasteiger partial charge in [0.1, 0.15) is 18.9 Å². The zero-order valence-corrected chi connectivity index (χ0v) is 15.4. The molecule has 1 aromatic rings. The molecule has 134 valence electrons. The molecule has 0 unspecified atom stereocenters. The Morgan fingerprint density at radius 2 is 2.20 bits per heavy atom. The maximum atomic E-state index is 11.6. The predicted molar refractivity (Wildman–Crippen MR) is 106 cm³/mol. The van der Waals surface area contributed by atoms with Crippen LogP contribution in [-0.2, 0) is 9.53 Å². The lowest BCUT2D eigenvalue weighted by atomic mass is 10.2. The van der Waals surface area contributed by atoms with Crippen molar-refractivity contribution in [2.45, 2.75) is 0 Å². The molecule has 0 heterocycles. The first-order valence-corrected chi connectivity index (χ1v) is 8.14. The van der Waals surface area contributed by atoms with Gasteiger partial charge in [0.25, 0.3) is 0 Å². The normalized spacial score (nSPS) is 11.6. The summed E-state index contributed by atoms with van der Waals surface area (Å²) in [5.74, 6) is 0.429. The van der Waals surface area contributed by atoms with E-state index in [1.54, 1.807) is 18.2 Å². The van der Waals surface area contributed by atoms with Crippen LogP contribution in [0.25, 0.3) is 6.08 Å². The molecule has 0 saturated carbocycles. The summed E-state index contributed by atoms with van der Waals surface area (Å²) < 4.78 is 5.62. The standard InChI is InChI=1S/C19H24ClN3O2/c1-5-16(25-12-11-23(3)4)8-6-7-15-9-10-17(20)18(13-15)22-19(24)14-21-2/h5-10,13H,1-2,11-12,14H2,3-4H3,(H,22,24)/b7-6+,16-8+. The van der Waals surface area contributed by atoms with Gasteiger partial charge >= 0.3 is 0 Å². The number of likely N-dealkylation sites (N-methyl/N-ethyl adjacent to an activating group) is 1. The van der Waals surface area contributed by atoms with Crippen LogP contribution in [0.5, 0.6) is 0 Å². The van der Waals surface area contributed by atoms with Gasteiger partial charge in [-0.3, -0.25) is 9.79 Å². The van der Waals surface area contributed by atoms with Crippen LogP contribution in [0.3, 0.4) is 0 Å². The van der Waals surface area contributed by atoms with Crippen molar-refractivity contribution < 1.29 is 9.53 Å². The van der Waals surface area contributed by atoms with Crippen molar-refractivity contribution in [3.8, 4) is 0 Å². The fourth-order valence-electron chi connectivity index (χ4n) is 1.81. The fraction of sp³-hybridized carbons (Fsp3) is 0.263. The van der Waals surface area contributed by atoms with E-state index < -0.39 is 0 Å². The largest absolute Gasteiger partial charge is 0.492 e. The molecular weight excluding hydrogens is 338 g/mol. The summed E-state index contributed by atoms with van der Waals surface area (Å²) in [5.41, 5.74) is 1.42. The molecule has 0 aliphatic carbocycles. The molecular formula is C19H24ClN3O2. The molecule has 0 spiro atoms. The van der Waals surface area contributed by atoms with E-state index in [-0.39, 0.29) is 12.5 Å². The highest BCUT2D eigenvalue weighted by atomic mass is 35.5. The Morgan fingerprint density at radius 1 is 1.44 bits per heavy atom. The summed E-state index contributed by atoms with van der Waals surface area (Å²) in [6, 6.07) is 5.37. The molecule has 0 atom stereocenters. The lowest BCUT2D eigenvalue weighted by Crippen LogP contribution is -2.17. The summed E-state index contributed by atoms with van der Waals surface area (Å²) >= 11 is 6.10. The smallest absolute Gasteiger partial charge is 0.246 e. The van der Waals surface area contributed by atoms with Crippen molar-refractivity contribution in [1.82, 2.24) is 4.90 Å². The molecule has 0 saturated heterocycles. The first kappa shape index (κ1) is 20.7. The quantitative estimate of drug-likeness (QED) is 0.393. The second-order valence-corrected chi connectivity index (χ2v) is 5.86. The molecule has 0 aromatic heterocycles. The van der Waals surface area contributed by atoms with Gasteiger partial charge in [-0.05, 0) is 50.7 Å². The van der Waals surface area contributed by atoms with Gasteiger partial charge in [0.05, 0.1) is 10.7 Å². The predicted octanol–water partition coefficient (Wildman–Crippen LogP) is 3.64. The minimum atomic E-state index is -0.263. The van der Waals surface area contributed by atoms with Gasteiger partial charge < -0.3 is 15.0 Å². The SMILES string of the molecule is C=C/C(=C\C=C\c1ccc(Cl)c(NC(=O)CN=C)c1)OCCN(C)C. The van der Waals surface area contributed by atoms with E-state index in [0.29, 0.717) is 23.1 Å². The average Bonchev–Trinajstić information content (AvgIpc) is 2.56. The molecule has 25 heavy (non-hydrogen) atoms. The Morgan fingerprint density at radius 3 is 2.84 bits per heavy atom.